The Kier molecular flexibility index (Phi) is 4.12. The van der Waals surface area contributed by atoms with Gasteiger partial charge in [0.2, 0.25) is 0 Å². The van der Waals surface area contributed by atoms with Gasteiger partial charge in [-0.2, -0.15) is 0 Å². The molecule has 0 radical (unpaired) electrons. The van der Waals surface area contributed by atoms with Gasteiger partial charge in [0.05, 0.1) is 0 Å². The van der Waals surface area contributed by atoms with E-state index in [4.69, 9.17) is 5.73 Å². The summed E-state index contributed by atoms with van der Waals surface area (Å²) in [5, 5.41) is 18.4. The van der Waals surface area contributed by atoms with Crippen LogP contribution < -0.4 is 11.3 Å². The molecule has 0 atom stereocenters. The molecule has 0 saturated carbocycles. The Morgan fingerprint density at radius 3 is 2.00 bits per heavy atom. The Morgan fingerprint density at radius 2 is 1.57 bits per heavy atom. The minimum atomic E-state index is -2.74. The summed E-state index contributed by atoms with van der Waals surface area (Å²) in [6.07, 6.45) is -2.74. The van der Waals surface area contributed by atoms with E-state index in [0.29, 0.717) is 0 Å². The van der Waals surface area contributed by atoms with Crippen LogP contribution in [-0.2, 0) is 0 Å². The molecule has 0 aliphatic rings. The topological polar surface area (TPSA) is 133 Å². The Labute approximate surface area is 127 Å². The number of carboxylic acids is 2. The maximum atomic E-state index is 12.6. The summed E-state index contributed by atoms with van der Waals surface area (Å²) in [7, 11) is 0. The van der Waals surface area contributed by atoms with Crippen molar-refractivity contribution in [3.8, 4) is 11.1 Å². The van der Waals surface area contributed by atoms with Crippen LogP contribution in [0.15, 0.2) is 29.1 Å². The van der Waals surface area contributed by atoms with Crippen LogP contribution in [0.1, 0.15) is 32.7 Å². The third kappa shape index (κ3) is 2.89. The van der Waals surface area contributed by atoms with Crippen molar-refractivity contribution in [1.29, 1.82) is 0 Å². The van der Waals surface area contributed by atoms with Crippen LogP contribution in [0, 0.1) is 0 Å². The maximum Gasteiger partial charge on any atom is 0.342 e. The Hall–Kier alpha value is -3.23. The van der Waals surface area contributed by atoms with Crippen molar-refractivity contribution in [2.75, 3.05) is 5.73 Å². The number of hydrogen-bond acceptors (Lipinski definition) is 4. The lowest BCUT2D eigenvalue weighted by Crippen LogP contribution is -2.24. The van der Waals surface area contributed by atoms with E-state index in [1.807, 2.05) is 4.98 Å². The third-order valence-corrected chi connectivity index (χ3v) is 3.12. The van der Waals surface area contributed by atoms with Crippen molar-refractivity contribution >= 4 is 17.8 Å². The van der Waals surface area contributed by atoms with Gasteiger partial charge in [-0.25, -0.2) is 18.4 Å². The average molecular weight is 324 g/mol. The number of nitrogens with one attached hydrogen (secondary N) is 1. The number of hydrogen-bond donors (Lipinski definition) is 4. The number of aromatic nitrogens is 1. The second-order valence-electron chi connectivity index (χ2n) is 4.53. The van der Waals surface area contributed by atoms with Gasteiger partial charge in [-0.1, -0.05) is 24.3 Å². The minimum absolute atomic E-state index is 0.0259. The zero-order valence-electron chi connectivity index (χ0n) is 11.3. The largest absolute Gasteiger partial charge is 0.478 e. The molecular weight excluding hydrogens is 314 g/mol. The zero-order chi connectivity index (χ0) is 17.3. The number of rotatable bonds is 4. The smallest absolute Gasteiger partial charge is 0.342 e. The van der Waals surface area contributed by atoms with Gasteiger partial charge in [0, 0.05) is 11.1 Å². The van der Waals surface area contributed by atoms with E-state index >= 15 is 0 Å². The second-order valence-corrected chi connectivity index (χ2v) is 4.53. The number of anilines is 1. The predicted octanol–water partition coefficient (Wildman–Crippen LogP) is 1.96. The summed E-state index contributed by atoms with van der Waals surface area (Å²) in [6, 6.07) is 4.23. The number of halogens is 2. The van der Waals surface area contributed by atoms with Gasteiger partial charge in [-0.3, -0.25) is 4.79 Å². The predicted molar refractivity (Wildman–Crippen MR) is 75.8 cm³/mol. The fourth-order valence-corrected chi connectivity index (χ4v) is 2.13. The summed E-state index contributed by atoms with van der Waals surface area (Å²) in [5.74, 6) is -3.75. The minimum Gasteiger partial charge on any atom is -0.478 e. The number of aromatic carboxylic acids is 2. The quantitative estimate of drug-likeness (QED) is 0.679. The van der Waals surface area contributed by atoms with E-state index in [9.17, 15) is 33.4 Å². The maximum absolute atomic E-state index is 12.6. The Balaban J connectivity index is 2.85. The highest BCUT2D eigenvalue weighted by Gasteiger charge is 2.26. The molecule has 9 heteroatoms. The Morgan fingerprint density at radius 1 is 1.04 bits per heavy atom. The van der Waals surface area contributed by atoms with E-state index in [2.05, 4.69) is 0 Å². The number of pyridine rings is 1. The second kappa shape index (κ2) is 5.87. The number of aromatic amines is 1. The summed E-state index contributed by atoms with van der Waals surface area (Å²) < 4.78 is 25.2. The summed E-state index contributed by atoms with van der Waals surface area (Å²) >= 11 is 0. The molecule has 1 aromatic carbocycles. The highest BCUT2D eigenvalue weighted by Crippen LogP contribution is 2.30. The first-order chi connectivity index (χ1) is 10.7. The first kappa shape index (κ1) is 16.1. The molecular formula is C14H10F2N2O5. The molecule has 2 rings (SSSR count). The van der Waals surface area contributed by atoms with Crippen molar-refractivity contribution in [2.45, 2.75) is 6.43 Å². The number of alkyl halides is 2. The van der Waals surface area contributed by atoms with Crippen molar-refractivity contribution in [1.82, 2.24) is 4.98 Å². The number of nitrogens with two attached hydrogens (primary N) is 1. The molecule has 0 aliphatic carbocycles. The van der Waals surface area contributed by atoms with Crippen LogP contribution in [0.2, 0.25) is 0 Å². The fourth-order valence-electron chi connectivity index (χ4n) is 2.13. The first-order valence-electron chi connectivity index (χ1n) is 6.14. The highest BCUT2D eigenvalue weighted by atomic mass is 19.3. The standard InChI is InChI=1S/C14H10F2N2O5/c15-10(16)6-3-1-5(2-4-6)7-8(13(20)21)11(17)18-12(19)9(7)14(22)23/h1-4,10H,(H,20,21)(H,22,23)(H3,17,18,19). The number of nitrogen functional groups attached to an aromatic ring is 1. The van der Waals surface area contributed by atoms with Crippen LogP contribution in [0.25, 0.3) is 11.1 Å². The molecule has 1 aromatic heterocycles. The van der Waals surface area contributed by atoms with E-state index in [1.165, 1.54) is 0 Å². The average Bonchev–Trinajstić information content (AvgIpc) is 2.45. The van der Waals surface area contributed by atoms with E-state index in [-0.39, 0.29) is 11.1 Å². The molecule has 0 spiro atoms. The van der Waals surface area contributed by atoms with Crippen LogP contribution in [0.4, 0.5) is 14.6 Å². The third-order valence-electron chi connectivity index (χ3n) is 3.12. The van der Waals surface area contributed by atoms with Crippen LogP contribution in [0.5, 0.6) is 0 Å². The van der Waals surface area contributed by atoms with E-state index < -0.39 is 46.4 Å². The van der Waals surface area contributed by atoms with Gasteiger partial charge >= 0.3 is 11.9 Å². The summed E-state index contributed by atoms with van der Waals surface area (Å²) in [5.41, 5.74) is 2.12. The molecule has 0 unspecified atom stereocenters. The van der Waals surface area contributed by atoms with Crippen molar-refractivity contribution in [3.63, 3.8) is 0 Å². The van der Waals surface area contributed by atoms with Crippen molar-refractivity contribution in [3.05, 3.63) is 51.3 Å². The van der Waals surface area contributed by atoms with E-state index in [0.717, 1.165) is 24.3 Å². The molecule has 0 bridgehead atoms. The van der Waals surface area contributed by atoms with Crippen LogP contribution >= 0.6 is 0 Å². The lowest BCUT2D eigenvalue weighted by molar-refractivity contribution is 0.0695. The molecule has 1 heterocycles. The summed E-state index contributed by atoms with van der Waals surface area (Å²) in [4.78, 5) is 36.4. The SMILES string of the molecule is Nc1[nH]c(=O)c(C(=O)O)c(-c2ccc(C(F)F)cc2)c1C(=O)O. The van der Waals surface area contributed by atoms with Crippen molar-refractivity contribution in [2.24, 2.45) is 0 Å². The number of carboxylic acid groups (broad SMARTS) is 2. The monoisotopic (exact) mass is 324 g/mol. The fraction of sp³-hybridized carbons (Fsp3) is 0.0714. The molecule has 0 saturated heterocycles. The van der Waals surface area contributed by atoms with Gasteiger partial charge in [-0.15, -0.1) is 0 Å². The van der Waals surface area contributed by atoms with Crippen LogP contribution in [-0.4, -0.2) is 27.1 Å². The summed E-state index contributed by atoms with van der Waals surface area (Å²) in [6.45, 7) is 0. The molecule has 2 aromatic rings. The van der Waals surface area contributed by atoms with Crippen molar-refractivity contribution < 1.29 is 28.6 Å². The van der Waals surface area contributed by atoms with Gasteiger partial charge in [0.1, 0.15) is 16.9 Å². The van der Waals surface area contributed by atoms with E-state index in [1.54, 1.807) is 0 Å². The number of benzene rings is 1. The highest BCUT2D eigenvalue weighted by molar-refractivity contribution is 6.07. The normalized spacial score (nSPS) is 10.7. The molecule has 23 heavy (non-hydrogen) atoms. The lowest BCUT2D eigenvalue weighted by atomic mass is 9.95. The number of H-pyrrole nitrogens is 1. The van der Waals surface area contributed by atoms with Crippen LogP contribution in [0.3, 0.4) is 0 Å². The lowest BCUT2D eigenvalue weighted by Gasteiger charge is -2.12. The first-order valence-corrected chi connectivity index (χ1v) is 6.14. The molecule has 5 N–H and O–H groups in total. The molecule has 0 fully saturated rings. The van der Waals surface area contributed by atoms with Gasteiger partial charge in [0.25, 0.3) is 12.0 Å². The van der Waals surface area contributed by atoms with Gasteiger partial charge in [-0.05, 0) is 5.56 Å². The Bertz CT molecular complexity index is 843. The number of carbonyl (C=O) groups is 2. The zero-order valence-corrected chi connectivity index (χ0v) is 11.3. The molecule has 120 valence electrons. The van der Waals surface area contributed by atoms with Gasteiger partial charge in [0.15, 0.2) is 0 Å². The molecule has 7 nitrogen and oxygen atoms in total. The molecule has 0 aliphatic heterocycles. The molecule has 0 amide bonds. The van der Waals surface area contributed by atoms with Gasteiger partial charge < -0.3 is 20.9 Å².